The zero-order valence-corrected chi connectivity index (χ0v) is 32.4. The Bertz CT molecular complexity index is 3770. The van der Waals surface area contributed by atoms with Crippen LogP contribution in [0.3, 0.4) is 0 Å². The predicted molar refractivity (Wildman–Crippen MR) is 253 cm³/mol. The maximum absolute atomic E-state index is 6.94. The molecule has 0 aliphatic rings. The summed E-state index contributed by atoms with van der Waals surface area (Å²) in [5.74, 6) is 0. The zero-order chi connectivity index (χ0) is 39.3. The molecule has 0 aliphatic carbocycles. The fourth-order valence-corrected chi connectivity index (χ4v) is 10.1. The molecule has 0 saturated heterocycles. The van der Waals surface area contributed by atoms with Crippen molar-refractivity contribution in [2.75, 3.05) is 0 Å². The molecule has 0 bridgehead atoms. The quantitative estimate of drug-likeness (QED) is 0.167. The van der Waals surface area contributed by atoms with Crippen LogP contribution in [0.1, 0.15) is 0 Å². The van der Waals surface area contributed by atoms with Gasteiger partial charge in [0.15, 0.2) is 0 Å². The van der Waals surface area contributed by atoms with Gasteiger partial charge in [0.05, 0.1) is 0 Å². The molecule has 0 saturated carbocycles. The van der Waals surface area contributed by atoms with E-state index in [1.165, 1.54) is 76.5 Å². The van der Waals surface area contributed by atoms with E-state index in [-0.39, 0.29) is 0 Å². The average molecular weight is 763 g/mol. The van der Waals surface area contributed by atoms with Crippen molar-refractivity contribution < 1.29 is 8.83 Å². The minimum atomic E-state index is 0.876. The Kier molecular flexibility index (Phi) is 7.05. The van der Waals surface area contributed by atoms with Gasteiger partial charge in [0, 0.05) is 32.7 Å². The highest BCUT2D eigenvalue weighted by Crippen LogP contribution is 2.49. The fourth-order valence-electron chi connectivity index (χ4n) is 10.1. The van der Waals surface area contributed by atoms with E-state index in [4.69, 9.17) is 8.83 Å². The first-order chi connectivity index (χ1) is 29.8. The molecule has 0 fully saturated rings. The maximum Gasteiger partial charge on any atom is 0.143 e. The van der Waals surface area contributed by atoms with Crippen molar-refractivity contribution in [1.29, 1.82) is 0 Å². The molecule has 0 radical (unpaired) electrons. The summed E-state index contributed by atoms with van der Waals surface area (Å²) < 4.78 is 13.2. The summed E-state index contributed by atoms with van der Waals surface area (Å²) in [6.45, 7) is 0. The van der Waals surface area contributed by atoms with Crippen LogP contribution < -0.4 is 0 Å². The Morgan fingerprint density at radius 3 is 1.13 bits per heavy atom. The van der Waals surface area contributed by atoms with Crippen molar-refractivity contribution in [3.05, 3.63) is 206 Å². The van der Waals surface area contributed by atoms with E-state index in [0.717, 1.165) is 55.0 Å². The Labute approximate surface area is 345 Å². The minimum Gasteiger partial charge on any atom is -0.456 e. The molecular formula is C58H34O2. The molecule has 0 aliphatic heterocycles. The third-order valence-corrected chi connectivity index (χ3v) is 12.6. The Balaban J connectivity index is 1.04. The Morgan fingerprint density at radius 1 is 0.217 bits per heavy atom. The number of rotatable bonds is 4. The third kappa shape index (κ3) is 4.76. The van der Waals surface area contributed by atoms with Crippen LogP contribution in [0.4, 0.5) is 0 Å². The van der Waals surface area contributed by atoms with Gasteiger partial charge in [-0.15, -0.1) is 0 Å². The van der Waals surface area contributed by atoms with Crippen LogP contribution >= 0.6 is 0 Å². The lowest BCUT2D eigenvalue weighted by Crippen LogP contribution is -1.91. The van der Waals surface area contributed by atoms with Crippen LogP contribution in [0.5, 0.6) is 0 Å². The maximum atomic E-state index is 6.94. The minimum absolute atomic E-state index is 0.876. The SMILES string of the molecule is c1ccc(-c2c3ccccc3c(-c3cccc4c3oc3ccc(-c5c6ccccc6c(-c6ccc7oc8ccccc8c7c6)c6ccccc56)cc34)c3ccccc23)cc1. The molecule has 0 amide bonds. The molecule has 2 aromatic heterocycles. The smallest absolute Gasteiger partial charge is 0.143 e. The van der Waals surface area contributed by atoms with E-state index >= 15 is 0 Å². The molecule has 0 N–H and O–H groups in total. The van der Waals surface area contributed by atoms with Gasteiger partial charge >= 0.3 is 0 Å². The van der Waals surface area contributed by atoms with E-state index in [2.05, 4.69) is 194 Å². The molecule has 2 heterocycles. The van der Waals surface area contributed by atoms with Crippen LogP contribution in [0.25, 0.3) is 131 Å². The molecule has 0 spiro atoms. The highest BCUT2D eigenvalue weighted by Gasteiger charge is 2.22. The van der Waals surface area contributed by atoms with Gasteiger partial charge in [-0.05, 0) is 107 Å². The molecule has 278 valence electrons. The molecule has 13 aromatic rings. The van der Waals surface area contributed by atoms with Crippen molar-refractivity contribution in [2.24, 2.45) is 0 Å². The molecule has 2 nitrogen and oxygen atoms in total. The number of benzene rings is 11. The molecule has 0 unspecified atom stereocenters. The number of hydrogen-bond donors (Lipinski definition) is 0. The molecule has 0 atom stereocenters. The van der Waals surface area contributed by atoms with E-state index in [1.807, 2.05) is 12.1 Å². The summed E-state index contributed by atoms with van der Waals surface area (Å²) in [6.07, 6.45) is 0. The standard InChI is InChI=1S/C58H34O2/c1-2-15-35(16-3-1)54-43-22-8-10-24-45(43)57(46-25-11-9-23-44(46)54)48-27-14-26-47-50-34-37(30-32-53(50)60-58(47)48)56-41-20-6-4-18-39(41)55(40-19-5-7-21-42(40)56)36-29-31-52-49(33-36)38-17-12-13-28-51(38)59-52/h1-34H. The van der Waals surface area contributed by atoms with Crippen molar-refractivity contribution >= 4 is 87.0 Å². The summed E-state index contributed by atoms with van der Waals surface area (Å²) in [6, 6.07) is 74.5. The highest BCUT2D eigenvalue weighted by atomic mass is 16.3. The van der Waals surface area contributed by atoms with Crippen LogP contribution in [0.2, 0.25) is 0 Å². The summed E-state index contributed by atoms with van der Waals surface area (Å²) in [7, 11) is 0. The van der Waals surface area contributed by atoms with Gasteiger partial charge < -0.3 is 8.83 Å². The second-order valence-corrected chi connectivity index (χ2v) is 15.9. The van der Waals surface area contributed by atoms with Crippen LogP contribution in [-0.4, -0.2) is 0 Å². The number of hydrogen-bond acceptors (Lipinski definition) is 2. The Morgan fingerprint density at radius 2 is 0.600 bits per heavy atom. The van der Waals surface area contributed by atoms with Gasteiger partial charge in [-0.25, -0.2) is 0 Å². The number of fused-ring (bicyclic) bond motifs is 10. The average Bonchev–Trinajstić information content (AvgIpc) is 3.88. The number of furan rings is 2. The van der Waals surface area contributed by atoms with Crippen molar-refractivity contribution in [3.8, 4) is 44.5 Å². The van der Waals surface area contributed by atoms with E-state index in [9.17, 15) is 0 Å². The first-order valence-corrected chi connectivity index (χ1v) is 20.6. The fraction of sp³-hybridized carbons (Fsp3) is 0. The monoisotopic (exact) mass is 762 g/mol. The summed E-state index contributed by atoms with van der Waals surface area (Å²) in [4.78, 5) is 0. The lowest BCUT2D eigenvalue weighted by Gasteiger charge is -2.18. The first kappa shape index (κ1) is 33.1. The second-order valence-electron chi connectivity index (χ2n) is 15.9. The van der Waals surface area contributed by atoms with Gasteiger partial charge in [-0.1, -0.05) is 176 Å². The largest absolute Gasteiger partial charge is 0.456 e. The van der Waals surface area contributed by atoms with E-state index in [0.29, 0.717) is 0 Å². The topological polar surface area (TPSA) is 26.3 Å². The molecule has 11 aromatic carbocycles. The summed E-state index contributed by atoms with van der Waals surface area (Å²) >= 11 is 0. The summed E-state index contributed by atoms with van der Waals surface area (Å²) in [5, 5.41) is 14.2. The third-order valence-electron chi connectivity index (χ3n) is 12.6. The Hall–Kier alpha value is -7.94. The normalized spacial score (nSPS) is 12.0. The molecule has 60 heavy (non-hydrogen) atoms. The van der Waals surface area contributed by atoms with E-state index < -0.39 is 0 Å². The van der Waals surface area contributed by atoms with Crippen LogP contribution in [-0.2, 0) is 0 Å². The van der Waals surface area contributed by atoms with Gasteiger partial charge in [-0.2, -0.15) is 0 Å². The predicted octanol–water partition coefficient (Wildman–Crippen LogP) is 16.8. The van der Waals surface area contributed by atoms with Gasteiger partial charge in [0.25, 0.3) is 0 Å². The number of para-hydroxylation sites is 2. The van der Waals surface area contributed by atoms with Crippen molar-refractivity contribution in [1.82, 2.24) is 0 Å². The van der Waals surface area contributed by atoms with Gasteiger partial charge in [-0.3, -0.25) is 0 Å². The molecule has 2 heteroatoms. The second kappa shape index (κ2) is 12.8. The van der Waals surface area contributed by atoms with Crippen LogP contribution in [0, 0.1) is 0 Å². The first-order valence-electron chi connectivity index (χ1n) is 20.6. The molecular weight excluding hydrogens is 729 g/mol. The molecule has 13 rings (SSSR count). The van der Waals surface area contributed by atoms with Gasteiger partial charge in [0.1, 0.15) is 22.3 Å². The van der Waals surface area contributed by atoms with Crippen LogP contribution in [0.15, 0.2) is 215 Å². The van der Waals surface area contributed by atoms with Crippen molar-refractivity contribution in [2.45, 2.75) is 0 Å². The van der Waals surface area contributed by atoms with Gasteiger partial charge in [0.2, 0.25) is 0 Å². The highest BCUT2D eigenvalue weighted by molar-refractivity contribution is 6.26. The lowest BCUT2D eigenvalue weighted by molar-refractivity contribution is 0.669. The lowest BCUT2D eigenvalue weighted by atomic mass is 9.85. The zero-order valence-electron chi connectivity index (χ0n) is 32.4. The van der Waals surface area contributed by atoms with E-state index in [1.54, 1.807) is 0 Å². The summed E-state index contributed by atoms with van der Waals surface area (Å²) in [5.41, 5.74) is 13.1. The van der Waals surface area contributed by atoms with Crippen molar-refractivity contribution in [3.63, 3.8) is 0 Å².